The molecule has 8 nitrogen and oxygen atoms in total. The highest BCUT2D eigenvalue weighted by Gasteiger charge is 2.26. The van der Waals surface area contributed by atoms with Gasteiger partial charge in [-0.1, -0.05) is 0 Å². The number of amides is 4. The van der Waals surface area contributed by atoms with Crippen LogP contribution in [-0.4, -0.2) is 33.4 Å². The summed E-state index contributed by atoms with van der Waals surface area (Å²) >= 11 is 0. The molecule has 3 N–H and O–H groups in total. The Balaban J connectivity index is 2.41. The van der Waals surface area contributed by atoms with Gasteiger partial charge in [0.1, 0.15) is 6.17 Å². The summed E-state index contributed by atoms with van der Waals surface area (Å²) in [5.74, 6) is 1.30. The highest BCUT2D eigenvalue weighted by Crippen LogP contribution is 2.39. The highest BCUT2D eigenvalue weighted by atomic mass is 16.5. The smallest absolute Gasteiger partial charge is 0.324 e. The standard InChI is InChI=1S/C12H15N3O5/c1-18-7-4-6(5-8(19-2)9(7)20-3)10-13-11(16)15-12(17)14-10/h4-5,10H,1-3H3,(H3,13,14,15,16,17). The second kappa shape index (κ2) is 5.55. The number of methoxy groups -OCH3 is 3. The van der Waals surface area contributed by atoms with Crippen molar-refractivity contribution in [3.05, 3.63) is 17.7 Å². The predicted octanol–water partition coefficient (Wildman–Crippen LogP) is 0.733. The van der Waals surface area contributed by atoms with E-state index >= 15 is 0 Å². The number of urea groups is 2. The average molecular weight is 281 g/mol. The molecule has 0 radical (unpaired) electrons. The second-order valence-electron chi connectivity index (χ2n) is 3.96. The van der Waals surface area contributed by atoms with Gasteiger partial charge in [-0.05, 0) is 12.1 Å². The lowest BCUT2D eigenvalue weighted by Crippen LogP contribution is -2.56. The summed E-state index contributed by atoms with van der Waals surface area (Å²) < 4.78 is 15.6. The Morgan fingerprint density at radius 2 is 1.40 bits per heavy atom. The van der Waals surface area contributed by atoms with Crippen molar-refractivity contribution in [1.29, 1.82) is 0 Å². The molecular formula is C12H15N3O5. The van der Waals surface area contributed by atoms with Crippen LogP contribution in [0.25, 0.3) is 0 Å². The molecule has 1 aromatic rings. The van der Waals surface area contributed by atoms with Gasteiger partial charge in [-0.3, -0.25) is 5.32 Å². The molecule has 0 spiro atoms. The Morgan fingerprint density at radius 3 is 1.80 bits per heavy atom. The zero-order valence-electron chi connectivity index (χ0n) is 11.3. The Morgan fingerprint density at radius 1 is 0.900 bits per heavy atom. The maximum Gasteiger partial charge on any atom is 0.324 e. The number of carbonyl (C=O) groups excluding carboxylic acids is 2. The van der Waals surface area contributed by atoms with Crippen LogP contribution < -0.4 is 30.2 Å². The molecule has 1 fully saturated rings. The second-order valence-corrected chi connectivity index (χ2v) is 3.96. The summed E-state index contributed by atoms with van der Waals surface area (Å²) in [6, 6.07) is 2.15. The first kappa shape index (κ1) is 13.8. The maximum atomic E-state index is 11.3. The van der Waals surface area contributed by atoms with Crippen molar-refractivity contribution in [2.45, 2.75) is 6.17 Å². The third-order valence-corrected chi connectivity index (χ3v) is 2.80. The van der Waals surface area contributed by atoms with Gasteiger partial charge < -0.3 is 24.8 Å². The van der Waals surface area contributed by atoms with Gasteiger partial charge in [-0.25, -0.2) is 9.59 Å². The number of hydrogen-bond acceptors (Lipinski definition) is 5. The number of rotatable bonds is 4. The molecule has 1 aromatic carbocycles. The number of imide groups is 1. The Labute approximate surface area is 115 Å². The molecule has 0 atom stereocenters. The van der Waals surface area contributed by atoms with Crippen LogP contribution in [0, 0.1) is 0 Å². The lowest BCUT2D eigenvalue weighted by atomic mass is 10.1. The Kier molecular flexibility index (Phi) is 3.83. The molecule has 0 aromatic heterocycles. The van der Waals surface area contributed by atoms with E-state index in [0.717, 1.165) is 0 Å². The minimum absolute atomic E-state index is 0.434. The molecule has 108 valence electrons. The largest absolute Gasteiger partial charge is 0.493 e. The molecule has 1 aliphatic heterocycles. The first-order chi connectivity index (χ1) is 9.58. The van der Waals surface area contributed by atoms with Gasteiger partial charge in [0.25, 0.3) is 0 Å². The fraction of sp³-hybridized carbons (Fsp3) is 0.333. The van der Waals surface area contributed by atoms with Crippen LogP contribution in [0.2, 0.25) is 0 Å². The van der Waals surface area contributed by atoms with E-state index in [0.29, 0.717) is 22.8 Å². The van der Waals surface area contributed by atoms with Crippen LogP contribution in [0.5, 0.6) is 17.2 Å². The first-order valence-electron chi connectivity index (χ1n) is 5.77. The topological polar surface area (TPSA) is 97.9 Å². The number of ether oxygens (including phenoxy) is 3. The lowest BCUT2D eigenvalue weighted by molar-refractivity contribution is 0.209. The Bertz CT molecular complexity index is 505. The van der Waals surface area contributed by atoms with E-state index in [-0.39, 0.29) is 0 Å². The van der Waals surface area contributed by atoms with Crippen molar-refractivity contribution in [2.75, 3.05) is 21.3 Å². The Hall–Kier alpha value is -2.64. The van der Waals surface area contributed by atoms with E-state index in [1.165, 1.54) is 21.3 Å². The van der Waals surface area contributed by atoms with E-state index in [9.17, 15) is 9.59 Å². The minimum atomic E-state index is -0.676. The normalized spacial score (nSPS) is 14.9. The summed E-state index contributed by atoms with van der Waals surface area (Å²) in [6.45, 7) is 0. The van der Waals surface area contributed by atoms with Gasteiger partial charge in [0.05, 0.1) is 21.3 Å². The van der Waals surface area contributed by atoms with Crippen LogP contribution in [-0.2, 0) is 0 Å². The van der Waals surface area contributed by atoms with Crippen molar-refractivity contribution >= 4 is 12.1 Å². The molecule has 0 aliphatic carbocycles. The molecule has 0 saturated carbocycles. The SMILES string of the molecule is COc1cc(C2NC(=O)NC(=O)N2)cc(OC)c1OC. The van der Waals surface area contributed by atoms with Gasteiger partial charge in [-0.2, -0.15) is 0 Å². The monoisotopic (exact) mass is 281 g/mol. The summed E-state index contributed by atoms with van der Waals surface area (Å²) in [5.41, 5.74) is 0.600. The van der Waals surface area contributed by atoms with Gasteiger partial charge in [-0.15, -0.1) is 0 Å². The van der Waals surface area contributed by atoms with Crippen LogP contribution in [0.1, 0.15) is 11.7 Å². The quantitative estimate of drug-likeness (QED) is 0.756. The summed E-state index contributed by atoms with van der Waals surface area (Å²) in [6.07, 6.45) is -0.676. The van der Waals surface area contributed by atoms with Crippen molar-refractivity contribution in [2.24, 2.45) is 0 Å². The van der Waals surface area contributed by atoms with Crippen molar-refractivity contribution in [3.63, 3.8) is 0 Å². The number of carbonyl (C=O) groups is 2. The molecule has 1 saturated heterocycles. The van der Waals surface area contributed by atoms with E-state index < -0.39 is 18.2 Å². The summed E-state index contributed by atoms with van der Waals surface area (Å²) in [7, 11) is 4.47. The van der Waals surface area contributed by atoms with Crippen molar-refractivity contribution in [3.8, 4) is 17.2 Å². The zero-order chi connectivity index (χ0) is 14.7. The average Bonchev–Trinajstić information content (AvgIpc) is 2.44. The molecule has 0 unspecified atom stereocenters. The molecule has 8 heteroatoms. The van der Waals surface area contributed by atoms with Gasteiger partial charge in [0, 0.05) is 5.56 Å². The van der Waals surface area contributed by atoms with E-state index in [1.54, 1.807) is 12.1 Å². The molecule has 2 rings (SSSR count). The molecule has 20 heavy (non-hydrogen) atoms. The third kappa shape index (κ3) is 2.53. The molecule has 4 amide bonds. The number of benzene rings is 1. The highest BCUT2D eigenvalue weighted by molar-refractivity contribution is 5.96. The van der Waals surface area contributed by atoms with Crippen LogP contribution in [0.3, 0.4) is 0 Å². The predicted molar refractivity (Wildman–Crippen MR) is 69.0 cm³/mol. The third-order valence-electron chi connectivity index (χ3n) is 2.80. The van der Waals surface area contributed by atoms with Gasteiger partial charge in [0.15, 0.2) is 11.5 Å². The van der Waals surface area contributed by atoms with E-state index in [2.05, 4.69) is 16.0 Å². The zero-order valence-corrected chi connectivity index (χ0v) is 11.3. The van der Waals surface area contributed by atoms with Gasteiger partial charge >= 0.3 is 12.1 Å². The molecule has 0 bridgehead atoms. The number of nitrogens with one attached hydrogen (secondary N) is 3. The lowest BCUT2D eigenvalue weighted by Gasteiger charge is -2.26. The van der Waals surface area contributed by atoms with E-state index in [4.69, 9.17) is 14.2 Å². The van der Waals surface area contributed by atoms with Gasteiger partial charge in [0.2, 0.25) is 5.75 Å². The first-order valence-corrected chi connectivity index (χ1v) is 5.77. The van der Waals surface area contributed by atoms with Crippen molar-refractivity contribution < 1.29 is 23.8 Å². The minimum Gasteiger partial charge on any atom is -0.493 e. The fourth-order valence-electron chi connectivity index (χ4n) is 1.91. The van der Waals surface area contributed by atoms with E-state index in [1.807, 2.05) is 0 Å². The summed E-state index contributed by atoms with van der Waals surface area (Å²) in [5, 5.41) is 7.21. The maximum absolute atomic E-state index is 11.3. The molecule has 1 heterocycles. The fourth-order valence-corrected chi connectivity index (χ4v) is 1.91. The molecular weight excluding hydrogens is 266 g/mol. The summed E-state index contributed by atoms with van der Waals surface area (Å²) in [4.78, 5) is 22.6. The molecule has 1 aliphatic rings. The van der Waals surface area contributed by atoms with Crippen LogP contribution in [0.15, 0.2) is 12.1 Å². The van der Waals surface area contributed by atoms with Crippen molar-refractivity contribution in [1.82, 2.24) is 16.0 Å². The number of hydrogen-bond donors (Lipinski definition) is 3. The van der Waals surface area contributed by atoms with Crippen LogP contribution >= 0.6 is 0 Å². The van der Waals surface area contributed by atoms with Crippen LogP contribution in [0.4, 0.5) is 9.59 Å².